The molecule has 0 saturated carbocycles. The number of ether oxygens (including phenoxy) is 1. The highest BCUT2D eigenvalue weighted by Crippen LogP contribution is 2.17. The molecule has 1 aromatic heterocycles. The number of aliphatic hydroxyl groups is 2. The number of carbonyl (C=O) groups excluding carboxylic acids is 1. The summed E-state index contributed by atoms with van der Waals surface area (Å²) < 4.78 is 10.1. The van der Waals surface area contributed by atoms with E-state index in [0.29, 0.717) is 12.1 Å². The highest BCUT2D eigenvalue weighted by molar-refractivity contribution is 5.94. The molecule has 0 bridgehead atoms. The van der Waals surface area contributed by atoms with E-state index in [4.69, 9.17) is 9.15 Å². The zero-order valence-corrected chi connectivity index (χ0v) is 10.2. The molecule has 18 heavy (non-hydrogen) atoms. The van der Waals surface area contributed by atoms with E-state index in [0.717, 1.165) is 0 Å². The van der Waals surface area contributed by atoms with Crippen molar-refractivity contribution < 1.29 is 24.2 Å². The summed E-state index contributed by atoms with van der Waals surface area (Å²) in [4.78, 5) is 13.7. The predicted molar refractivity (Wildman–Crippen MR) is 62.0 cm³/mol. The Hall–Kier alpha value is -1.37. The van der Waals surface area contributed by atoms with Crippen LogP contribution in [0.5, 0.6) is 0 Å². The molecule has 2 rings (SSSR count). The summed E-state index contributed by atoms with van der Waals surface area (Å²) in [6, 6.07) is 1.03. The van der Waals surface area contributed by atoms with Crippen LogP contribution in [0, 0.1) is 0 Å². The largest absolute Gasteiger partial charge is 0.472 e. The third kappa shape index (κ3) is 2.40. The Morgan fingerprint density at radius 2 is 2.28 bits per heavy atom. The molecule has 1 aromatic rings. The number of rotatable bonds is 3. The fraction of sp³-hybridized carbons (Fsp3) is 0.583. The second-order valence-electron chi connectivity index (χ2n) is 4.27. The maximum absolute atomic E-state index is 12.2. The molecule has 1 fully saturated rings. The molecular weight excluding hydrogens is 238 g/mol. The van der Waals surface area contributed by atoms with Crippen molar-refractivity contribution in [3.63, 3.8) is 0 Å². The van der Waals surface area contributed by atoms with Crippen LogP contribution in [-0.4, -0.2) is 59.0 Å². The number of amides is 1. The van der Waals surface area contributed by atoms with Gasteiger partial charge in [0.2, 0.25) is 0 Å². The summed E-state index contributed by atoms with van der Waals surface area (Å²) in [6.45, 7) is 2.54. The van der Waals surface area contributed by atoms with Crippen molar-refractivity contribution in [3.8, 4) is 0 Å². The molecule has 0 aliphatic carbocycles. The Balaban J connectivity index is 2.15. The predicted octanol–water partition coefficient (Wildman–Crippen LogP) is -0.138. The molecule has 2 N–H and O–H groups in total. The molecule has 0 radical (unpaired) electrons. The number of hydrogen-bond acceptors (Lipinski definition) is 5. The SMILES string of the molecule is CCN(C(=O)c1ccoc1)[C@@H]1COC[C@@H](O)[C@H]1O. The minimum absolute atomic E-state index is 0.0924. The van der Waals surface area contributed by atoms with Gasteiger partial charge in [-0.3, -0.25) is 4.79 Å². The standard InChI is InChI=1S/C12H17NO5/c1-2-13(12(16)8-3-4-17-5-8)9-6-18-7-10(14)11(9)15/h3-5,9-11,14-15H,2,6-7H2,1H3/t9-,10-,11+/m1/s1. The quantitative estimate of drug-likeness (QED) is 0.785. The molecule has 1 saturated heterocycles. The number of carbonyl (C=O) groups is 1. The number of likely N-dealkylation sites (N-methyl/N-ethyl adjacent to an activating group) is 1. The topological polar surface area (TPSA) is 83.1 Å². The van der Waals surface area contributed by atoms with E-state index in [1.54, 1.807) is 6.07 Å². The van der Waals surface area contributed by atoms with Gasteiger partial charge in [0, 0.05) is 6.54 Å². The zero-order valence-electron chi connectivity index (χ0n) is 10.2. The molecule has 0 spiro atoms. The molecule has 100 valence electrons. The van der Waals surface area contributed by atoms with Crippen LogP contribution in [0.2, 0.25) is 0 Å². The Bertz CT molecular complexity index is 391. The lowest BCUT2D eigenvalue weighted by molar-refractivity contribution is -0.125. The Morgan fingerprint density at radius 1 is 1.50 bits per heavy atom. The third-order valence-electron chi connectivity index (χ3n) is 3.14. The number of aliphatic hydroxyl groups excluding tert-OH is 2. The summed E-state index contributed by atoms with van der Waals surface area (Å²) in [5.41, 5.74) is 0.420. The zero-order chi connectivity index (χ0) is 13.1. The van der Waals surface area contributed by atoms with Crippen LogP contribution in [0.1, 0.15) is 17.3 Å². The molecule has 0 aromatic carbocycles. The second-order valence-corrected chi connectivity index (χ2v) is 4.27. The maximum Gasteiger partial charge on any atom is 0.257 e. The van der Waals surface area contributed by atoms with E-state index < -0.39 is 18.2 Å². The van der Waals surface area contributed by atoms with Gasteiger partial charge in [-0.05, 0) is 13.0 Å². The van der Waals surface area contributed by atoms with E-state index >= 15 is 0 Å². The summed E-state index contributed by atoms with van der Waals surface area (Å²) in [7, 11) is 0. The van der Waals surface area contributed by atoms with Crippen molar-refractivity contribution in [1.82, 2.24) is 4.90 Å². The molecule has 1 amide bonds. The highest BCUT2D eigenvalue weighted by atomic mass is 16.5. The van der Waals surface area contributed by atoms with E-state index in [1.165, 1.54) is 17.4 Å². The maximum atomic E-state index is 12.2. The van der Waals surface area contributed by atoms with Crippen LogP contribution in [0.3, 0.4) is 0 Å². The smallest absolute Gasteiger partial charge is 0.257 e. The fourth-order valence-electron chi connectivity index (χ4n) is 2.12. The van der Waals surface area contributed by atoms with Crippen LogP contribution in [0.4, 0.5) is 0 Å². The van der Waals surface area contributed by atoms with Gasteiger partial charge in [0.1, 0.15) is 18.5 Å². The lowest BCUT2D eigenvalue weighted by atomic mass is 10.0. The fourth-order valence-corrected chi connectivity index (χ4v) is 2.12. The van der Waals surface area contributed by atoms with Gasteiger partial charge in [-0.25, -0.2) is 0 Å². The third-order valence-corrected chi connectivity index (χ3v) is 3.14. The van der Waals surface area contributed by atoms with Gasteiger partial charge in [-0.2, -0.15) is 0 Å². The molecule has 1 aliphatic heterocycles. The summed E-state index contributed by atoms with van der Waals surface area (Å²) in [5, 5.41) is 19.5. The average molecular weight is 255 g/mol. The molecule has 3 atom stereocenters. The van der Waals surface area contributed by atoms with Crippen LogP contribution < -0.4 is 0 Å². The van der Waals surface area contributed by atoms with Crippen LogP contribution in [0.15, 0.2) is 23.0 Å². The van der Waals surface area contributed by atoms with Gasteiger partial charge in [0.25, 0.3) is 5.91 Å². The first kappa shape index (κ1) is 13.1. The second kappa shape index (κ2) is 5.51. The molecule has 0 unspecified atom stereocenters. The number of hydrogen-bond donors (Lipinski definition) is 2. The van der Waals surface area contributed by atoms with Gasteiger partial charge in [-0.1, -0.05) is 0 Å². The van der Waals surface area contributed by atoms with Gasteiger partial charge >= 0.3 is 0 Å². The Morgan fingerprint density at radius 3 is 2.89 bits per heavy atom. The van der Waals surface area contributed by atoms with Crippen molar-refractivity contribution in [2.75, 3.05) is 19.8 Å². The number of furan rings is 1. The Kier molecular flexibility index (Phi) is 4.00. The summed E-state index contributed by atoms with van der Waals surface area (Å²) in [5.74, 6) is -0.243. The summed E-state index contributed by atoms with van der Waals surface area (Å²) >= 11 is 0. The van der Waals surface area contributed by atoms with Crippen molar-refractivity contribution in [1.29, 1.82) is 0 Å². The molecular formula is C12H17NO5. The minimum Gasteiger partial charge on any atom is -0.472 e. The van der Waals surface area contributed by atoms with E-state index in [-0.39, 0.29) is 19.1 Å². The molecule has 2 heterocycles. The Labute approximate surface area is 105 Å². The van der Waals surface area contributed by atoms with Crippen molar-refractivity contribution >= 4 is 5.91 Å². The van der Waals surface area contributed by atoms with Gasteiger partial charge in [0.05, 0.1) is 31.1 Å². The summed E-state index contributed by atoms with van der Waals surface area (Å²) in [6.07, 6.45) is 0.825. The van der Waals surface area contributed by atoms with E-state index in [9.17, 15) is 15.0 Å². The van der Waals surface area contributed by atoms with E-state index in [2.05, 4.69) is 0 Å². The van der Waals surface area contributed by atoms with Crippen molar-refractivity contribution in [3.05, 3.63) is 24.2 Å². The average Bonchev–Trinajstić information content (AvgIpc) is 2.89. The molecule has 6 nitrogen and oxygen atoms in total. The normalized spacial score (nSPS) is 28.1. The lowest BCUT2D eigenvalue weighted by Gasteiger charge is -2.38. The van der Waals surface area contributed by atoms with Gasteiger partial charge < -0.3 is 24.3 Å². The molecule has 1 aliphatic rings. The monoisotopic (exact) mass is 255 g/mol. The van der Waals surface area contributed by atoms with Gasteiger partial charge in [0.15, 0.2) is 0 Å². The number of nitrogens with zero attached hydrogens (tertiary/aromatic N) is 1. The van der Waals surface area contributed by atoms with Crippen LogP contribution in [-0.2, 0) is 4.74 Å². The van der Waals surface area contributed by atoms with Crippen molar-refractivity contribution in [2.24, 2.45) is 0 Å². The van der Waals surface area contributed by atoms with Crippen LogP contribution >= 0.6 is 0 Å². The van der Waals surface area contributed by atoms with Gasteiger partial charge in [-0.15, -0.1) is 0 Å². The van der Waals surface area contributed by atoms with Crippen molar-refractivity contribution in [2.45, 2.75) is 25.2 Å². The highest BCUT2D eigenvalue weighted by Gasteiger charge is 2.37. The molecule has 6 heteroatoms. The van der Waals surface area contributed by atoms with E-state index in [1.807, 2.05) is 6.92 Å². The first-order valence-corrected chi connectivity index (χ1v) is 5.92. The first-order chi connectivity index (χ1) is 8.65. The van der Waals surface area contributed by atoms with Crippen LogP contribution in [0.25, 0.3) is 0 Å². The lowest BCUT2D eigenvalue weighted by Crippen LogP contribution is -2.57. The minimum atomic E-state index is -0.991. The first-order valence-electron chi connectivity index (χ1n) is 5.92.